The Kier molecular flexibility index (Phi) is 5.50. The normalized spacial score (nSPS) is 12.4. The molecule has 2 rings (SSSR count). The van der Waals surface area contributed by atoms with Gasteiger partial charge >= 0.3 is 0 Å². The van der Waals surface area contributed by atoms with Gasteiger partial charge in [-0.3, -0.25) is 9.48 Å². The topological polar surface area (TPSA) is 67.2 Å². The summed E-state index contributed by atoms with van der Waals surface area (Å²) in [4.78, 5) is 12.4. The van der Waals surface area contributed by atoms with Gasteiger partial charge < -0.3 is 10.4 Å². The maximum Gasteiger partial charge on any atom is 0.254 e. The molecule has 1 amide bonds. The van der Waals surface area contributed by atoms with Crippen LogP contribution in [0.25, 0.3) is 0 Å². The highest BCUT2D eigenvalue weighted by atomic mass is 19.1. The fourth-order valence-electron chi connectivity index (χ4n) is 2.34. The Labute approximate surface area is 135 Å². The van der Waals surface area contributed by atoms with Crippen molar-refractivity contribution in [2.75, 3.05) is 6.54 Å². The number of hydrogen-bond donors (Lipinski definition) is 2. The zero-order valence-corrected chi connectivity index (χ0v) is 13.6. The molecule has 0 radical (unpaired) electrons. The highest BCUT2D eigenvalue weighted by Gasteiger charge is 2.20. The highest BCUT2D eigenvalue weighted by molar-refractivity contribution is 5.95. The van der Waals surface area contributed by atoms with Crippen molar-refractivity contribution < 1.29 is 14.3 Å². The average Bonchev–Trinajstić information content (AvgIpc) is 2.97. The zero-order chi connectivity index (χ0) is 17.0. The third-order valence-electron chi connectivity index (χ3n) is 3.63. The SMILES string of the molecule is CCn1cc(C(=O)NCC(O)c2ccccc2F)c(C(C)C)n1. The number of benzene rings is 1. The number of amides is 1. The van der Waals surface area contributed by atoms with E-state index in [4.69, 9.17) is 0 Å². The third-order valence-corrected chi connectivity index (χ3v) is 3.63. The van der Waals surface area contributed by atoms with Gasteiger partial charge in [0.2, 0.25) is 0 Å². The first-order valence-electron chi connectivity index (χ1n) is 7.72. The number of aliphatic hydroxyl groups is 1. The molecular weight excluding hydrogens is 297 g/mol. The summed E-state index contributed by atoms with van der Waals surface area (Å²) in [6, 6.07) is 5.98. The van der Waals surface area contributed by atoms with Crippen LogP contribution in [0, 0.1) is 5.82 Å². The molecular formula is C17H22FN3O2. The predicted octanol–water partition coefficient (Wildman–Crippen LogP) is 2.63. The first-order valence-corrected chi connectivity index (χ1v) is 7.72. The molecule has 0 aliphatic carbocycles. The van der Waals surface area contributed by atoms with Crippen molar-refractivity contribution in [3.8, 4) is 0 Å². The average molecular weight is 319 g/mol. The second-order valence-corrected chi connectivity index (χ2v) is 5.69. The molecule has 0 aliphatic rings. The van der Waals surface area contributed by atoms with E-state index in [9.17, 15) is 14.3 Å². The largest absolute Gasteiger partial charge is 0.386 e. The van der Waals surface area contributed by atoms with Crippen LogP contribution in [0.15, 0.2) is 30.5 Å². The molecule has 0 spiro atoms. The van der Waals surface area contributed by atoms with E-state index in [1.54, 1.807) is 23.0 Å². The van der Waals surface area contributed by atoms with Gasteiger partial charge in [-0.25, -0.2) is 4.39 Å². The van der Waals surface area contributed by atoms with Gasteiger partial charge in [0.25, 0.3) is 5.91 Å². The molecule has 0 fully saturated rings. The van der Waals surface area contributed by atoms with Gasteiger partial charge in [-0.15, -0.1) is 0 Å². The Hall–Kier alpha value is -2.21. The van der Waals surface area contributed by atoms with Crippen molar-refractivity contribution in [3.05, 3.63) is 53.1 Å². The number of rotatable bonds is 6. The summed E-state index contributed by atoms with van der Waals surface area (Å²) in [5.74, 6) is -0.695. The quantitative estimate of drug-likeness (QED) is 0.860. The van der Waals surface area contributed by atoms with Gasteiger partial charge in [0.15, 0.2) is 0 Å². The first-order chi connectivity index (χ1) is 10.9. The summed E-state index contributed by atoms with van der Waals surface area (Å²) in [5, 5.41) is 17.1. The minimum Gasteiger partial charge on any atom is -0.386 e. The van der Waals surface area contributed by atoms with E-state index in [1.165, 1.54) is 12.1 Å². The van der Waals surface area contributed by atoms with Crippen LogP contribution in [0.3, 0.4) is 0 Å². The van der Waals surface area contributed by atoms with Crippen LogP contribution < -0.4 is 5.32 Å². The molecule has 0 bridgehead atoms. The summed E-state index contributed by atoms with van der Waals surface area (Å²) >= 11 is 0. The van der Waals surface area contributed by atoms with Crippen LogP contribution in [0.5, 0.6) is 0 Å². The van der Waals surface area contributed by atoms with Crippen molar-refractivity contribution in [2.45, 2.75) is 39.3 Å². The first kappa shape index (κ1) is 17.1. The highest BCUT2D eigenvalue weighted by Crippen LogP contribution is 2.19. The molecule has 5 nitrogen and oxygen atoms in total. The van der Waals surface area contributed by atoms with E-state index in [2.05, 4.69) is 10.4 Å². The molecule has 0 aliphatic heterocycles. The molecule has 6 heteroatoms. The lowest BCUT2D eigenvalue weighted by Crippen LogP contribution is -2.29. The van der Waals surface area contributed by atoms with Crippen LogP contribution >= 0.6 is 0 Å². The molecule has 0 saturated heterocycles. The van der Waals surface area contributed by atoms with Crippen molar-refractivity contribution in [1.29, 1.82) is 0 Å². The number of carbonyl (C=O) groups excluding carboxylic acids is 1. The van der Waals surface area contributed by atoms with Crippen molar-refractivity contribution >= 4 is 5.91 Å². The van der Waals surface area contributed by atoms with Gasteiger partial charge in [-0.1, -0.05) is 32.0 Å². The number of hydrogen-bond acceptors (Lipinski definition) is 3. The number of nitrogens with one attached hydrogen (secondary N) is 1. The van der Waals surface area contributed by atoms with E-state index in [-0.39, 0.29) is 23.9 Å². The van der Waals surface area contributed by atoms with Crippen molar-refractivity contribution in [3.63, 3.8) is 0 Å². The Morgan fingerprint density at radius 2 is 2.09 bits per heavy atom. The smallest absolute Gasteiger partial charge is 0.254 e. The van der Waals surface area contributed by atoms with E-state index in [0.717, 1.165) is 0 Å². The minimum absolute atomic E-state index is 0.0609. The molecule has 2 aromatic rings. The van der Waals surface area contributed by atoms with Gasteiger partial charge in [-0.2, -0.15) is 5.10 Å². The van der Waals surface area contributed by atoms with Crippen LogP contribution in [-0.2, 0) is 6.54 Å². The van der Waals surface area contributed by atoms with E-state index >= 15 is 0 Å². The van der Waals surface area contributed by atoms with E-state index < -0.39 is 11.9 Å². The molecule has 2 N–H and O–H groups in total. The molecule has 1 unspecified atom stereocenters. The number of carbonyl (C=O) groups is 1. The van der Waals surface area contributed by atoms with E-state index in [0.29, 0.717) is 17.8 Å². The predicted molar refractivity (Wildman–Crippen MR) is 85.7 cm³/mol. The van der Waals surface area contributed by atoms with Crippen molar-refractivity contribution in [2.24, 2.45) is 0 Å². The van der Waals surface area contributed by atoms with E-state index in [1.807, 2.05) is 20.8 Å². The Morgan fingerprint density at radius 1 is 1.39 bits per heavy atom. The molecule has 1 aromatic carbocycles. The molecule has 124 valence electrons. The van der Waals surface area contributed by atoms with Gasteiger partial charge in [-0.05, 0) is 18.9 Å². The second kappa shape index (κ2) is 7.37. The lowest BCUT2D eigenvalue weighted by molar-refractivity contribution is 0.0912. The van der Waals surface area contributed by atoms with Gasteiger partial charge in [0.05, 0.1) is 17.4 Å². The number of halogens is 1. The number of aliphatic hydroxyl groups excluding tert-OH is 1. The Bertz CT molecular complexity index is 682. The monoisotopic (exact) mass is 319 g/mol. The summed E-state index contributed by atoms with van der Waals surface area (Å²) in [7, 11) is 0. The van der Waals surface area contributed by atoms with Gasteiger partial charge in [0, 0.05) is 24.8 Å². The molecule has 1 atom stereocenters. The Balaban J connectivity index is 2.08. The summed E-state index contributed by atoms with van der Waals surface area (Å²) in [6.45, 7) is 6.49. The lowest BCUT2D eigenvalue weighted by Gasteiger charge is -2.13. The number of nitrogens with zero attached hydrogens (tertiary/aromatic N) is 2. The summed E-state index contributed by atoms with van der Waals surface area (Å²) in [5.41, 5.74) is 1.37. The fraction of sp³-hybridized carbons (Fsp3) is 0.412. The van der Waals surface area contributed by atoms with Crippen LogP contribution in [-0.4, -0.2) is 27.3 Å². The summed E-state index contributed by atoms with van der Waals surface area (Å²) in [6.07, 6.45) is 0.601. The molecule has 23 heavy (non-hydrogen) atoms. The van der Waals surface area contributed by atoms with Crippen LogP contribution in [0.1, 0.15) is 54.4 Å². The lowest BCUT2D eigenvalue weighted by atomic mass is 10.1. The molecule has 1 aromatic heterocycles. The minimum atomic E-state index is -1.09. The molecule has 1 heterocycles. The zero-order valence-electron chi connectivity index (χ0n) is 13.6. The number of aromatic nitrogens is 2. The van der Waals surface area contributed by atoms with Gasteiger partial charge in [0.1, 0.15) is 5.82 Å². The standard InChI is InChI=1S/C17H22FN3O2/c1-4-21-10-13(16(20-21)11(2)3)17(23)19-9-15(22)12-7-5-6-8-14(12)18/h5-8,10-11,15,22H,4,9H2,1-3H3,(H,19,23). The Morgan fingerprint density at radius 3 is 2.70 bits per heavy atom. The maximum absolute atomic E-state index is 13.6. The van der Waals surface area contributed by atoms with Crippen LogP contribution in [0.4, 0.5) is 4.39 Å². The van der Waals surface area contributed by atoms with Crippen molar-refractivity contribution in [1.82, 2.24) is 15.1 Å². The third kappa shape index (κ3) is 3.96. The number of aryl methyl sites for hydroxylation is 1. The summed E-state index contributed by atoms with van der Waals surface area (Å²) < 4.78 is 15.3. The maximum atomic E-state index is 13.6. The second-order valence-electron chi connectivity index (χ2n) is 5.69. The molecule has 0 saturated carbocycles. The van der Waals surface area contributed by atoms with Crippen LogP contribution in [0.2, 0.25) is 0 Å². The fourth-order valence-corrected chi connectivity index (χ4v) is 2.34.